The van der Waals surface area contributed by atoms with Gasteiger partial charge in [-0.3, -0.25) is 14.4 Å². The number of para-hydroxylation sites is 1. The third-order valence-corrected chi connectivity index (χ3v) is 7.54. The molecule has 10 heteroatoms. The summed E-state index contributed by atoms with van der Waals surface area (Å²) in [7, 11) is 0. The number of hydrogen-bond acceptors (Lipinski definition) is 5. The largest absolute Gasteiger partial charge is 0.480 e. The first kappa shape index (κ1) is 26.4. The van der Waals surface area contributed by atoms with E-state index in [9.17, 15) is 29.4 Å². The van der Waals surface area contributed by atoms with Crippen molar-refractivity contribution in [1.29, 1.82) is 0 Å². The van der Waals surface area contributed by atoms with Crippen molar-refractivity contribution in [1.82, 2.24) is 20.5 Å². The number of carboxylic acids is 1. The molecule has 0 saturated carbocycles. The van der Waals surface area contributed by atoms with Gasteiger partial charge in [-0.2, -0.15) is 0 Å². The monoisotopic (exact) mass is 532 g/mol. The van der Waals surface area contributed by atoms with Gasteiger partial charge in [0.05, 0.1) is 12.1 Å². The van der Waals surface area contributed by atoms with Crippen molar-refractivity contribution >= 4 is 34.6 Å². The lowest BCUT2D eigenvalue weighted by atomic mass is 9.89. The van der Waals surface area contributed by atoms with Gasteiger partial charge in [0.15, 0.2) is 6.04 Å². The zero-order chi connectivity index (χ0) is 28.0. The van der Waals surface area contributed by atoms with Crippen molar-refractivity contribution in [2.45, 2.75) is 63.9 Å². The van der Waals surface area contributed by atoms with E-state index in [2.05, 4.69) is 15.6 Å². The second-order valence-corrected chi connectivity index (χ2v) is 10.7. The third kappa shape index (κ3) is 4.65. The number of H-pyrrole nitrogens is 1. The van der Waals surface area contributed by atoms with Gasteiger partial charge >= 0.3 is 5.97 Å². The van der Waals surface area contributed by atoms with Crippen molar-refractivity contribution in [2.24, 2.45) is 5.92 Å². The van der Waals surface area contributed by atoms with Crippen LogP contribution in [0.5, 0.6) is 0 Å². The molecule has 204 valence electrons. The average molecular weight is 533 g/mol. The van der Waals surface area contributed by atoms with Crippen molar-refractivity contribution in [3.05, 3.63) is 70.9 Å². The van der Waals surface area contributed by atoms with Gasteiger partial charge in [0.2, 0.25) is 11.8 Å². The van der Waals surface area contributed by atoms with E-state index in [1.807, 2.05) is 50.2 Å². The Bertz CT molecular complexity index is 1460. The summed E-state index contributed by atoms with van der Waals surface area (Å²) in [6, 6.07) is 11.1. The number of benzene rings is 2. The van der Waals surface area contributed by atoms with Crippen molar-refractivity contribution in [3.8, 4) is 0 Å². The minimum atomic E-state index is -1.52. The highest BCUT2D eigenvalue weighted by Gasteiger charge is 2.49. The highest BCUT2D eigenvalue weighted by atomic mass is 16.4. The van der Waals surface area contributed by atoms with E-state index in [4.69, 9.17) is 0 Å². The standard InChI is InChI=1S/C29H32N4O6/c1-14(2)12-21(26(35)32-23(15(3)34)29(38)39)31-27(36)22-13-19-16-8-6-7-11-20(16)30-24(19)25-17-9-4-5-10-18(17)28(37)33(22)25/h4-11,14-15,21-23,25,30,34H,12-13H2,1-3H3,(H,31,36)(H,32,35)(H,38,39). The summed E-state index contributed by atoms with van der Waals surface area (Å²) in [6.45, 7) is 5.03. The molecule has 2 aliphatic rings. The molecule has 2 aromatic carbocycles. The van der Waals surface area contributed by atoms with E-state index in [0.717, 1.165) is 27.7 Å². The average Bonchev–Trinajstić information content (AvgIpc) is 3.41. The number of aromatic amines is 1. The maximum absolute atomic E-state index is 13.9. The number of carbonyl (C=O) groups excluding carboxylic acids is 3. The zero-order valence-corrected chi connectivity index (χ0v) is 22.0. The molecule has 0 aliphatic carbocycles. The normalized spacial score (nSPS) is 20.1. The quantitative estimate of drug-likeness (QED) is 0.300. The summed E-state index contributed by atoms with van der Waals surface area (Å²) >= 11 is 0. The van der Waals surface area contributed by atoms with E-state index < -0.39 is 48.1 Å². The van der Waals surface area contributed by atoms with Gasteiger partial charge in [-0.1, -0.05) is 50.2 Å². The second-order valence-electron chi connectivity index (χ2n) is 10.7. The predicted octanol–water partition coefficient (Wildman–Crippen LogP) is 2.12. The number of fused-ring (bicyclic) bond motifs is 7. The lowest BCUT2D eigenvalue weighted by Gasteiger charge is -2.38. The van der Waals surface area contributed by atoms with Gasteiger partial charge in [0, 0.05) is 28.6 Å². The number of aromatic nitrogens is 1. The molecule has 3 aromatic rings. The number of rotatable bonds is 8. The second kappa shape index (κ2) is 10.2. The fraction of sp³-hybridized carbons (Fsp3) is 0.379. The molecule has 5 N–H and O–H groups in total. The maximum Gasteiger partial charge on any atom is 0.328 e. The zero-order valence-electron chi connectivity index (χ0n) is 22.0. The van der Waals surface area contributed by atoms with Crippen LogP contribution in [0.3, 0.4) is 0 Å². The minimum absolute atomic E-state index is 0.00660. The molecule has 0 bridgehead atoms. The fourth-order valence-corrected chi connectivity index (χ4v) is 5.75. The molecule has 5 rings (SSSR count). The fourth-order valence-electron chi connectivity index (χ4n) is 5.75. The smallest absolute Gasteiger partial charge is 0.328 e. The van der Waals surface area contributed by atoms with E-state index in [-0.39, 0.29) is 24.7 Å². The molecule has 3 amide bonds. The molecule has 3 heterocycles. The van der Waals surface area contributed by atoms with E-state index in [1.165, 1.54) is 6.92 Å². The Morgan fingerprint density at radius 3 is 2.44 bits per heavy atom. The van der Waals surface area contributed by atoms with Crippen molar-refractivity contribution in [2.75, 3.05) is 0 Å². The molecule has 1 aromatic heterocycles. The number of amides is 3. The first-order chi connectivity index (χ1) is 18.6. The summed E-state index contributed by atoms with van der Waals surface area (Å²) in [5.74, 6) is -2.85. The molecule has 39 heavy (non-hydrogen) atoms. The van der Waals surface area contributed by atoms with Crippen LogP contribution in [0.4, 0.5) is 0 Å². The van der Waals surface area contributed by atoms with Crippen LogP contribution in [-0.2, 0) is 20.8 Å². The summed E-state index contributed by atoms with van der Waals surface area (Å²) in [5, 5.41) is 25.4. The van der Waals surface area contributed by atoms with Gasteiger partial charge in [0.25, 0.3) is 5.91 Å². The molecule has 0 radical (unpaired) electrons. The Morgan fingerprint density at radius 2 is 1.74 bits per heavy atom. The Kier molecular flexibility index (Phi) is 6.90. The summed E-state index contributed by atoms with van der Waals surface area (Å²) in [5.41, 5.74) is 4.07. The first-order valence-corrected chi connectivity index (χ1v) is 13.1. The number of hydrogen-bond donors (Lipinski definition) is 5. The molecule has 10 nitrogen and oxygen atoms in total. The Labute approximate surface area is 225 Å². The highest BCUT2D eigenvalue weighted by Crippen LogP contribution is 2.46. The van der Waals surface area contributed by atoms with Crippen LogP contribution in [-0.4, -0.2) is 68.0 Å². The van der Waals surface area contributed by atoms with Gasteiger partial charge in [0.1, 0.15) is 12.1 Å². The lowest BCUT2D eigenvalue weighted by Crippen LogP contribution is -2.59. The van der Waals surface area contributed by atoms with Crippen LogP contribution < -0.4 is 10.6 Å². The summed E-state index contributed by atoms with van der Waals surface area (Å²) < 4.78 is 0. The third-order valence-electron chi connectivity index (χ3n) is 7.54. The van der Waals surface area contributed by atoms with Crippen molar-refractivity contribution < 1.29 is 29.4 Å². The SMILES string of the molecule is CC(C)CC(NC(=O)C1Cc2c([nH]c3ccccc23)C2c3ccccc3C(=O)N12)C(=O)NC(C(=O)O)C(C)O. The van der Waals surface area contributed by atoms with Crippen LogP contribution in [0.25, 0.3) is 10.9 Å². The number of carbonyl (C=O) groups is 4. The molecule has 0 spiro atoms. The van der Waals surface area contributed by atoms with Crippen LogP contribution in [0.1, 0.15) is 60.4 Å². The van der Waals surface area contributed by atoms with E-state index in [0.29, 0.717) is 5.56 Å². The minimum Gasteiger partial charge on any atom is -0.480 e. The lowest BCUT2D eigenvalue weighted by molar-refractivity contribution is -0.145. The van der Waals surface area contributed by atoms with Gasteiger partial charge in [-0.15, -0.1) is 0 Å². The van der Waals surface area contributed by atoms with Crippen LogP contribution in [0.15, 0.2) is 48.5 Å². The van der Waals surface area contributed by atoms with Gasteiger partial charge in [-0.25, -0.2) is 4.79 Å². The van der Waals surface area contributed by atoms with E-state index in [1.54, 1.807) is 17.0 Å². The van der Waals surface area contributed by atoms with E-state index >= 15 is 0 Å². The maximum atomic E-state index is 13.9. The van der Waals surface area contributed by atoms with Gasteiger partial charge in [-0.05, 0) is 42.5 Å². The Morgan fingerprint density at radius 1 is 1.05 bits per heavy atom. The first-order valence-electron chi connectivity index (χ1n) is 13.1. The summed E-state index contributed by atoms with van der Waals surface area (Å²) in [4.78, 5) is 57.2. The van der Waals surface area contributed by atoms with Crippen molar-refractivity contribution in [3.63, 3.8) is 0 Å². The molecular weight excluding hydrogens is 500 g/mol. The highest BCUT2D eigenvalue weighted by molar-refractivity contribution is 6.04. The molecule has 2 aliphatic heterocycles. The van der Waals surface area contributed by atoms with Crippen LogP contribution >= 0.6 is 0 Å². The number of aliphatic hydroxyl groups is 1. The number of aliphatic hydroxyl groups excluding tert-OH is 1. The van der Waals surface area contributed by atoms with Crippen LogP contribution in [0.2, 0.25) is 0 Å². The summed E-state index contributed by atoms with van der Waals surface area (Å²) in [6.07, 6.45) is -0.836. The number of nitrogens with one attached hydrogen (secondary N) is 3. The topological polar surface area (TPSA) is 152 Å². The molecule has 0 fully saturated rings. The molecule has 0 saturated heterocycles. The number of nitrogens with zero attached hydrogens (tertiary/aromatic N) is 1. The molecule has 5 unspecified atom stereocenters. The van der Waals surface area contributed by atoms with Crippen LogP contribution in [0, 0.1) is 5.92 Å². The Hall–Kier alpha value is -4.18. The Balaban J connectivity index is 1.50. The van der Waals surface area contributed by atoms with Gasteiger partial charge < -0.3 is 30.7 Å². The number of aliphatic carboxylic acids is 1. The predicted molar refractivity (Wildman–Crippen MR) is 143 cm³/mol. The molecule has 5 atom stereocenters. The molecular formula is C29H32N4O6. The number of carboxylic acid groups (broad SMARTS) is 1.